The maximum absolute atomic E-state index is 12.5. The Labute approximate surface area is 138 Å². The van der Waals surface area contributed by atoms with Crippen LogP contribution in [0.25, 0.3) is 0 Å². The summed E-state index contributed by atoms with van der Waals surface area (Å²) in [7, 11) is 0. The summed E-state index contributed by atoms with van der Waals surface area (Å²) in [6.45, 7) is 0.340. The highest BCUT2D eigenvalue weighted by Gasteiger charge is 2.34. The smallest absolute Gasteiger partial charge is 0.426 e. The number of ether oxygens (including phenoxy) is 1. The van der Waals surface area contributed by atoms with Gasteiger partial charge in [0.05, 0.1) is 18.5 Å². The van der Waals surface area contributed by atoms with Gasteiger partial charge in [-0.3, -0.25) is 14.9 Å². The van der Waals surface area contributed by atoms with Crippen LogP contribution in [0.2, 0.25) is 0 Å². The van der Waals surface area contributed by atoms with E-state index in [9.17, 15) is 22.8 Å². The Hall–Kier alpha value is -2.46. The van der Waals surface area contributed by atoms with E-state index in [0.29, 0.717) is 17.9 Å². The van der Waals surface area contributed by atoms with Gasteiger partial charge in [-0.1, -0.05) is 12.1 Å². The van der Waals surface area contributed by atoms with Gasteiger partial charge in [-0.25, -0.2) is 4.98 Å². The fourth-order valence-corrected chi connectivity index (χ4v) is 2.40. The maximum atomic E-state index is 12.5. The summed E-state index contributed by atoms with van der Waals surface area (Å²) in [6.07, 6.45) is -4.50. The lowest BCUT2D eigenvalue weighted by Gasteiger charge is -2.09. The molecule has 0 unspecified atom stereocenters. The molecule has 128 valence electrons. The van der Waals surface area contributed by atoms with Gasteiger partial charge >= 0.3 is 12.1 Å². The number of nitrogens with one attached hydrogen (secondary N) is 1. The highest BCUT2D eigenvalue weighted by Crippen LogP contribution is 2.32. The Morgan fingerprint density at radius 2 is 2.00 bits per heavy atom. The third-order valence-corrected chi connectivity index (χ3v) is 3.51. The molecule has 0 saturated heterocycles. The number of hydrogen-bond donors (Lipinski definition) is 2. The molecule has 24 heavy (non-hydrogen) atoms. The van der Waals surface area contributed by atoms with Crippen LogP contribution in [0.4, 0.5) is 18.3 Å². The average Bonchev–Trinajstić information content (AvgIpc) is 2.96. The van der Waals surface area contributed by atoms with E-state index < -0.39 is 23.7 Å². The third kappa shape index (κ3) is 4.52. The Morgan fingerprint density at radius 1 is 1.29 bits per heavy atom. The monoisotopic (exact) mass is 360 g/mol. The van der Waals surface area contributed by atoms with Gasteiger partial charge in [-0.15, -0.1) is 11.3 Å². The van der Waals surface area contributed by atoms with E-state index in [1.807, 2.05) is 0 Å². The van der Waals surface area contributed by atoms with Crippen LogP contribution in [0.1, 0.15) is 22.5 Å². The van der Waals surface area contributed by atoms with Crippen LogP contribution in [0.5, 0.6) is 5.75 Å². The predicted molar refractivity (Wildman–Crippen MR) is 79.5 cm³/mol. The van der Waals surface area contributed by atoms with Gasteiger partial charge in [0.25, 0.3) is 5.91 Å². The van der Waals surface area contributed by atoms with Gasteiger partial charge in [-0.05, 0) is 12.1 Å². The summed E-state index contributed by atoms with van der Waals surface area (Å²) in [5.41, 5.74) is 2.45. The Kier molecular flexibility index (Phi) is 5.52. The molecular weight excluding hydrogens is 347 g/mol. The molecule has 0 spiro atoms. The van der Waals surface area contributed by atoms with Crippen molar-refractivity contribution in [3.05, 3.63) is 40.9 Å². The zero-order valence-corrected chi connectivity index (χ0v) is 13.0. The van der Waals surface area contributed by atoms with Crippen LogP contribution in [0, 0.1) is 0 Å². The molecule has 1 amide bonds. The van der Waals surface area contributed by atoms with Crippen molar-refractivity contribution in [2.75, 3.05) is 11.9 Å². The number of para-hydroxylation sites is 1. The van der Waals surface area contributed by atoms with Crippen molar-refractivity contribution < 1.29 is 33.2 Å². The number of anilines is 1. The van der Waals surface area contributed by atoms with E-state index in [-0.39, 0.29) is 22.9 Å². The summed E-state index contributed by atoms with van der Waals surface area (Å²) in [6, 6.07) is 5.91. The van der Waals surface area contributed by atoms with Crippen molar-refractivity contribution in [1.29, 1.82) is 0 Å². The van der Waals surface area contributed by atoms with Gasteiger partial charge in [0.15, 0.2) is 10.8 Å². The lowest BCUT2D eigenvalue weighted by molar-refractivity contribution is -0.366. The molecule has 0 bridgehead atoms. The summed E-state index contributed by atoms with van der Waals surface area (Å²) in [5.74, 6) is -1.27. The largest absolute Gasteiger partial charge is 0.434 e. The van der Waals surface area contributed by atoms with E-state index in [1.54, 1.807) is 6.07 Å². The number of amides is 1. The van der Waals surface area contributed by atoms with Gasteiger partial charge < -0.3 is 10.5 Å². The topological polar surface area (TPSA) is 95.9 Å². The van der Waals surface area contributed by atoms with E-state index in [2.05, 4.69) is 16.0 Å². The molecule has 0 radical (unpaired) electrons. The minimum absolute atomic E-state index is 0.0127. The SMILES string of the molecule is [NH3+]CCC(=O)Oc1ccccc1C(=O)Nc1nc(C(F)(F)F)cs1. The van der Waals surface area contributed by atoms with E-state index in [1.165, 1.54) is 18.2 Å². The molecule has 0 aliphatic carbocycles. The molecule has 1 aromatic carbocycles. The third-order valence-electron chi connectivity index (χ3n) is 2.75. The number of carbonyl (C=O) groups is 2. The van der Waals surface area contributed by atoms with Crippen LogP contribution >= 0.6 is 11.3 Å². The molecule has 0 saturated carbocycles. The van der Waals surface area contributed by atoms with Gasteiger partial charge in [0, 0.05) is 5.38 Å². The number of nitrogens with zero attached hydrogens (tertiary/aromatic N) is 1. The molecule has 0 atom stereocenters. The van der Waals surface area contributed by atoms with Crippen LogP contribution in [-0.4, -0.2) is 23.4 Å². The van der Waals surface area contributed by atoms with Crippen molar-refractivity contribution in [2.45, 2.75) is 12.6 Å². The molecule has 0 fully saturated rings. The van der Waals surface area contributed by atoms with Crippen molar-refractivity contribution in [3.8, 4) is 5.75 Å². The van der Waals surface area contributed by atoms with E-state index in [4.69, 9.17) is 4.74 Å². The Bertz CT molecular complexity index is 746. The minimum Gasteiger partial charge on any atom is -0.426 e. The zero-order valence-electron chi connectivity index (χ0n) is 12.2. The number of thiazole rings is 1. The van der Waals surface area contributed by atoms with E-state index >= 15 is 0 Å². The van der Waals surface area contributed by atoms with Crippen LogP contribution in [0.3, 0.4) is 0 Å². The highest BCUT2D eigenvalue weighted by molar-refractivity contribution is 7.14. The minimum atomic E-state index is -4.58. The van der Waals surface area contributed by atoms with Crippen molar-refractivity contribution in [1.82, 2.24) is 4.98 Å². The molecule has 1 aromatic heterocycles. The average molecular weight is 360 g/mol. The number of alkyl halides is 3. The van der Waals surface area contributed by atoms with Crippen molar-refractivity contribution in [3.63, 3.8) is 0 Å². The normalized spacial score (nSPS) is 11.2. The van der Waals surface area contributed by atoms with Gasteiger partial charge in [0.1, 0.15) is 5.75 Å². The second kappa shape index (κ2) is 7.41. The lowest BCUT2D eigenvalue weighted by Crippen LogP contribution is -2.51. The molecule has 0 aliphatic heterocycles. The lowest BCUT2D eigenvalue weighted by atomic mass is 10.2. The number of aromatic nitrogens is 1. The first-order chi connectivity index (χ1) is 11.3. The van der Waals surface area contributed by atoms with Crippen LogP contribution in [-0.2, 0) is 11.0 Å². The standard InChI is InChI=1S/C14H12F3N3O3S/c15-14(16,17)10-7-24-13(19-10)20-12(22)8-3-1-2-4-9(8)23-11(21)5-6-18/h1-4,7H,5-6,18H2,(H,19,20,22)/p+1. The number of quaternary nitrogens is 1. The van der Waals surface area contributed by atoms with E-state index in [0.717, 1.165) is 5.38 Å². The summed E-state index contributed by atoms with van der Waals surface area (Å²) < 4.78 is 42.6. The number of rotatable bonds is 5. The Morgan fingerprint density at radius 3 is 2.62 bits per heavy atom. The zero-order chi connectivity index (χ0) is 17.7. The van der Waals surface area contributed by atoms with Crippen molar-refractivity contribution >= 4 is 28.3 Å². The molecular formula is C14H13F3N3O3S+. The number of hydrogen-bond acceptors (Lipinski definition) is 5. The second-order valence-corrected chi connectivity index (χ2v) is 5.42. The highest BCUT2D eigenvalue weighted by atomic mass is 32.1. The van der Waals surface area contributed by atoms with Gasteiger partial charge in [-0.2, -0.15) is 13.2 Å². The summed E-state index contributed by atoms with van der Waals surface area (Å²) in [4.78, 5) is 27.0. The number of benzene rings is 1. The number of esters is 1. The fraction of sp³-hybridized carbons (Fsp3) is 0.214. The fourth-order valence-electron chi connectivity index (χ4n) is 1.69. The first-order valence-corrected chi connectivity index (χ1v) is 7.62. The van der Waals surface area contributed by atoms with Crippen LogP contribution < -0.4 is 15.8 Å². The maximum Gasteiger partial charge on any atom is 0.434 e. The number of halogens is 3. The predicted octanol–water partition coefficient (Wildman–Crippen LogP) is 1.95. The number of carbonyl (C=O) groups excluding carboxylic acids is 2. The molecule has 1 heterocycles. The molecule has 2 aromatic rings. The Balaban J connectivity index is 2.15. The molecule has 2 rings (SSSR count). The summed E-state index contributed by atoms with van der Waals surface area (Å²) >= 11 is 0.648. The molecule has 4 N–H and O–H groups in total. The quantitative estimate of drug-likeness (QED) is 0.629. The molecule has 0 aliphatic rings. The first kappa shape index (κ1) is 17.9. The van der Waals surface area contributed by atoms with Gasteiger partial charge in [0.2, 0.25) is 0 Å². The first-order valence-electron chi connectivity index (χ1n) is 6.74. The second-order valence-electron chi connectivity index (χ2n) is 4.56. The van der Waals surface area contributed by atoms with Crippen molar-refractivity contribution in [2.24, 2.45) is 0 Å². The van der Waals surface area contributed by atoms with Crippen LogP contribution in [0.15, 0.2) is 29.6 Å². The molecule has 10 heteroatoms. The molecule has 6 nitrogen and oxygen atoms in total. The summed E-state index contributed by atoms with van der Waals surface area (Å²) in [5, 5.41) is 2.86.